The predicted octanol–water partition coefficient (Wildman–Crippen LogP) is 4.41. The van der Waals surface area contributed by atoms with Crippen LogP contribution in [0.15, 0.2) is 78.9 Å². The normalized spacial score (nSPS) is 11.6. The van der Waals surface area contributed by atoms with Crippen LogP contribution in [0.5, 0.6) is 11.5 Å². The minimum atomic E-state index is -0.457. The Morgan fingerprint density at radius 1 is 0.793 bits per heavy atom. The largest absolute Gasteiger partial charge is 0.497 e. The van der Waals surface area contributed by atoms with Crippen molar-refractivity contribution in [2.45, 2.75) is 19.0 Å². The Hall–Kier alpha value is -3.47. The van der Waals surface area contributed by atoms with E-state index in [0.717, 1.165) is 16.8 Å². The Morgan fingerprint density at radius 2 is 1.28 bits per heavy atom. The van der Waals surface area contributed by atoms with E-state index in [0.29, 0.717) is 11.5 Å². The second kappa shape index (κ2) is 9.64. The third-order valence-electron chi connectivity index (χ3n) is 4.68. The van der Waals surface area contributed by atoms with Crippen LogP contribution in [0.2, 0.25) is 0 Å². The van der Waals surface area contributed by atoms with Crippen molar-refractivity contribution in [1.29, 1.82) is 0 Å². The van der Waals surface area contributed by atoms with Gasteiger partial charge >= 0.3 is 0 Å². The van der Waals surface area contributed by atoms with Crippen LogP contribution in [0, 0.1) is 0 Å². The van der Waals surface area contributed by atoms with Gasteiger partial charge in [-0.25, -0.2) is 0 Å². The molecule has 3 rings (SSSR count). The van der Waals surface area contributed by atoms with Gasteiger partial charge in [0.1, 0.15) is 17.5 Å². The number of hydrogen-bond acceptors (Lipinski definition) is 4. The number of ether oxygens (including phenoxy) is 2. The van der Waals surface area contributed by atoms with Crippen molar-refractivity contribution in [3.63, 3.8) is 0 Å². The number of rotatable bonds is 8. The topological polar surface area (TPSA) is 59.6 Å². The van der Waals surface area contributed by atoms with Crippen molar-refractivity contribution >= 4 is 11.6 Å². The minimum absolute atomic E-state index is 0.107. The molecule has 29 heavy (non-hydrogen) atoms. The molecular weight excluding hydrogens is 364 g/mol. The summed E-state index contributed by atoms with van der Waals surface area (Å²) in [5.41, 5.74) is 2.81. The van der Waals surface area contributed by atoms with E-state index in [1.165, 1.54) is 0 Å². The third kappa shape index (κ3) is 5.29. The number of amides is 1. The van der Waals surface area contributed by atoms with Crippen LogP contribution >= 0.6 is 0 Å². The monoisotopic (exact) mass is 390 g/mol. The maximum absolute atomic E-state index is 13.0. The van der Waals surface area contributed by atoms with Gasteiger partial charge in [0, 0.05) is 23.9 Å². The van der Waals surface area contributed by atoms with Crippen LogP contribution in [0.1, 0.15) is 24.1 Å². The zero-order chi connectivity index (χ0) is 20.6. The molecule has 0 aromatic heterocycles. The summed E-state index contributed by atoms with van der Waals surface area (Å²) < 4.78 is 10.6. The SMILES string of the molecule is COc1cc(N[C@@H](C)C(=O)NC(c2ccccc2)c2ccccc2)cc(OC)c1. The minimum Gasteiger partial charge on any atom is -0.497 e. The first-order valence-corrected chi connectivity index (χ1v) is 9.50. The van der Waals surface area contributed by atoms with Gasteiger partial charge in [-0.05, 0) is 18.1 Å². The van der Waals surface area contributed by atoms with Gasteiger partial charge in [-0.2, -0.15) is 0 Å². The van der Waals surface area contributed by atoms with E-state index in [-0.39, 0.29) is 11.9 Å². The van der Waals surface area contributed by atoms with Gasteiger partial charge in [0.2, 0.25) is 5.91 Å². The van der Waals surface area contributed by atoms with Gasteiger partial charge in [-0.3, -0.25) is 4.79 Å². The highest BCUT2D eigenvalue weighted by Gasteiger charge is 2.20. The van der Waals surface area contributed by atoms with E-state index in [9.17, 15) is 4.79 Å². The molecule has 3 aromatic carbocycles. The molecule has 0 unspecified atom stereocenters. The van der Waals surface area contributed by atoms with Gasteiger partial charge in [0.25, 0.3) is 0 Å². The predicted molar refractivity (Wildman–Crippen MR) is 116 cm³/mol. The number of anilines is 1. The summed E-state index contributed by atoms with van der Waals surface area (Å²) in [7, 11) is 3.19. The van der Waals surface area contributed by atoms with Gasteiger partial charge in [0.15, 0.2) is 0 Å². The average Bonchev–Trinajstić information content (AvgIpc) is 2.78. The Balaban J connectivity index is 1.78. The zero-order valence-electron chi connectivity index (χ0n) is 16.9. The lowest BCUT2D eigenvalue weighted by Gasteiger charge is -2.23. The number of nitrogens with one attached hydrogen (secondary N) is 2. The molecule has 1 atom stereocenters. The maximum atomic E-state index is 13.0. The molecular formula is C24H26N2O3. The Kier molecular flexibility index (Phi) is 6.74. The van der Waals surface area contributed by atoms with Gasteiger partial charge in [-0.15, -0.1) is 0 Å². The fourth-order valence-corrected chi connectivity index (χ4v) is 3.12. The fraction of sp³-hybridized carbons (Fsp3) is 0.208. The zero-order valence-corrected chi connectivity index (χ0v) is 16.9. The van der Waals surface area contributed by atoms with E-state index in [2.05, 4.69) is 10.6 Å². The molecule has 0 spiro atoms. The maximum Gasteiger partial charge on any atom is 0.242 e. The Labute approximate surface area is 171 Å². The molecule has 5 heteroatoms. The van der Waals surface area contributed by atoms with E-state index >= 15 is 0 Å². The van der Waals surface area contributed by atoms with E-state index in [1.54, 1.807) is 20.3 Å². The average molecular weight is 390 g/mol. The molecule has 5 nitrogen and oxygen atoms in total. The molecule has 150 valence electrons. The van der Waals surface area contributed by atoms with Crippen LogP contribution in [0.25, 0.3) is 0 Å². The summed E-state index contributed by atoms with van der Waals surface area (Å²) in [6.45, 7) is 1.83. The van der Waals surface area contributed by atoms with Crippen molar-refractivity contribution in [1.82, 2.24) is 5.32 Å². The van der Waals surface area contributed by atoms with Crippen molar-refractivity contribution in [3.8, 4) is 11.5 Å². The van der Waals surface area contributed by atoms with E-state index in [1.807, 2.05) is 79.7 Å². The molecule has 0 radical (unpaired) electrons. The number of carbonyl (C=O) groups is 1. The summed E-state index contributed by atoms with van der Waals surface area (Å²) in [6.07, 6.45) is 0. The van der Waals surface area contributed by atoms with Gasteiger partial charge in [-0.1, -0.05) is 60.7 Å². The molecule has 0 heterocycles. The van der Waals surface area contributed by atoms with Crippen molar-refractivity contribution in [2.24, 2.45) is 0 Å². The summed E-state index contributed by atoms with van der Waals surface area (Å²) in [5, 5.41) is 6.39. The molecule has 0 saturated carbocycles. The Bertz CT molecular complexity index is 868. The molecule has 0 aliphatic rings. The quantitative estimate of drug-likeness (QED) is 0.598. The summed E-state index contributed by atoms with van der Waals surface area (Å²) in [6, 6.07) is 24.7. The summed E-state index contributed by atoms with van der Waals surface area (Å²) in [4.78, 5) is 13.0. The van der Waals surface area contributed by atoms with E-state index in [4.69, 9.17) is 9.47 Å². The van der Waals surface area contributed by atoms with Crippen LogP contribution in [0.3, 0.4) is 0 Å². The molecule has 0 fully saturated rings. The lowest BCUT2D eigenvalue weighted by atomic mass is 9.98. The first-order valence-electron chi connectivity index (χ1n) is 9.50. The lowest BCUT2D eigenvalue weighted by Crippen LogP contribution is -2.40. The molecule has 2 N–H and O–H groups in total. The van der Waals surface area contributed by atoms with Crippen LogP contribution in [0.4, 0.5) is 5.69 Å². The van der Waals surface area contributed by atoms with Crippen LogP contribution in [-0.4, -0.2) is 26.2 Å². The number of methoxy groups -OCH3 is 2. The Morgan fingerprint density at radius 3 is 1.72 bits per heavy atom. The van der Waals surface area contributed by atoms with E-state index < -0.39 is 6.04 Å². The van der Waals surface area contributed by atoms with Gasteiger partial charge < -0.3 is 20.1 Å². The highest BCUT2D eigenvalue weighted by Crippen LogP contribution is 2.26. The third-order valence-corrected chi connectivity index (χ3v) is 4.68. The molecule has 0 bridgehead atoms. The molecule has 0 saturated heterocycles. The van der Waals surface area contributed by atoms with Crippen molar-refractivity contribution in [2.75, 3.05) is 19.5 Å². The number of benzene rings is 3. The highest BCUT2D eigenvalue weighted by atomic mass is 16.5. The second-order valence-corrected chi connectivity index (χ2v) is 6.73. The fourth-order valence-electron chi connectivity index (χ4n) is 3.12. The molecule has 0 aliphatic heterocycles. The summed E-state index contributed by atoms with van der Waals surface area (Å²) >= 11 is 0. The lowest BCUT2D eigenvalue weighted by molar-refractivity contribution is -0.122. The molecule has 0 aliphatic carbocycles. The number of carbonyl (C=O) groups excluding carboxylic acids is 1. The smallest absolute Gasteiger partial charge is 0.242 e. The standard InChI is InChI=1S/C24H26N2O3/c1-17(25-20-14-21(28-2)16-22(15-20)29-3)24(27)26-23(18-10-6-4-7-11-18)19-12-8-5-9-13-19/h4-17,23,25H,1-3H3,(H,26,27)/t17-/m0/s1. The van der Waals surface area contributed by atoms with Crippen molar-refractivity contribution in [3.05, 3.63) is 90.0 Å². The second-order valence-electron chi connectivity index (χ2n) is 6.73. The first-order chi connectivity index (χ1) is 14.1. The van der Waals surface area contributed by atoms with Crippen molar-refractivity contribution < 1.29 is 14.3 Å². The summed E-state index contributed by atoms with van der Waals surface area (Å²) in [5.74, 6) is 1.21. The molecule has 3 aromatic rings. The van der Waals surface area contributed by atoms with Gasteiger partial charge in [0.05, 0.1) is 20.3 Å². The number of hydrogen-bond donors (Lipinski definition) is 2. The highest BCUT2D eigenvalue weighted by molar-refractivity contribution is 5.85. The van der Waals surface area contributed by atoms with Crippen LogP contribution in [-0.2, 0) is 4.79 Å². The molecule has 1 amide bonds. The first kappa shape index (κ1) is 20.3. The van der Waals surface area contributed by atoms with Crippen LogP contribution < -0.4 is 20.1 Å².